The summed E-state index contributed by atoms with van der Waals surface area (Å²) < 4.78 is 23.6. The fourth-order valence-corrected chi connectivity index (χ4v) is 7.91. The molecule has 0 saturated carbocycles. The summed E-state index contributed by atoms with van der Waals surface area (Å²) in [6.45, 7) is 19.4. The molecule has 2 atom stereocenters. The standard InChI is InChI=1S/C46H95NO5/c1-6-11-15-19-21-25-29-44(27-23-17-13-8-3)46(45(28-24-18-14-9-4)30-26-22-20-16-12-7-2)31-37-50-41-43-52-39-34-47(32-35-48)33-38-51-42-40-49-36-10-5/h44-46,48H,6-43H2,1-5H3. The number of hydrogen-bond donors (Lipinski definition) is 1. The zero-order valence-corrected chi connectivity index (χ0v) is 36.1. The lowest BCUT2D eigenvalue weighted by molar-refractivity contribution is 0.0159. The van der Waals surface area contributed by atoms with Crippen LogP contribution in [0.4, 0.5) is 0 Å². The lowest BCUT2D eigenvalue weighted by Crippen LogP contribution is -2.34. The number of ether oxygens (including phenoxy) is 4. The summed E-state index contributed by atoms with van der Waals surface area (Å²) in [6.07, 6.45) is 35.8. The molecule has 0 aromatic carbocycles. The van der Waals surface area contributed by atoms with E-state index < -0.39 is 0 Å². The SMILES string of the molecule is CCCCCCCCC(CCCCCC)C(CCOCCOCCN(CCO)CCOCCOCCC)C(CCCCCC)CCCCCCCC. The normalized spacial score (nSPS) is 13.7. The van der Waals surface area contributed by atoms with Crippen LogP contribution in [0.1, 0.15) is 202 Å². The van der Waals surface area contributed by atoms with Crippen molar-refractivity contribution in [3.05, 3.63) is 0 Å². The van der Waals surface area contributed by atoms with Gasteiger partial charge in [-0.05, 0) is 30.6 Å². The summed E-state index contributed by atoms with van der Waals surface area (Å²) in [5, 5.41) is 9.52. The molecule has 0 spiro atoms. The minimum Gasteiger partial charge on any atom is -0.395 e. The first kappa shape index (κ1) is 51.8. The Morgan fingerprint density at radius 2 is 0.692 bits per heavy atom. The number of hydrogen-bond acceptors (Lipinski definition) is 6. The minimum absolute atomic E-state index is 0.154. The highest BCUT2D eigenvalue weighted by Gasteiger charge is 2.28. The predicted octanol–water partition coefficient (Wildman–Crippen LogP) is 12.4. The van der Waals surface area contributed by atoms with E-state index in [2.05, 4.69) is 39.5 Å². The molecule has 0 radical (unpaired) electrons. The maximum Gasteiger partial charge on any atom is 0.0701 e. The second kappa shape index (κ2) is 43.5. The monoisotopic (exact) mass is 742 g/mol. The second-order valence-corrected chi connectivity index (χ2v) is 15.8. The van der Waals surface area contributed by atoms with Crippen molar-refractivity contribution in [2.75, 3.05) is 79.1 Å². The van der Waals surface area contributed by atoms with E-state index in [0.717, 1.165) is 50.5 Å². The molecule has 0 aliphatic carbocycles. The van der Waals surface area contributed by atoms with Crippen molar-refractivity contribution in [3.8, 4) is 0 Å². The first-order chi connectivity index (χ1) is 25.7. The zero-order valence-electron chi connectivity index (χ0n) is 36.1. The van der Waals surface area contributed by atoms with Crippen LogP contribution in [0.5, 0.6) is 0 Å². The van der Waals surface area contributed by atoms with Crippen LogP contribution >= 0.6 is 0 Å². The van der Waals surface area contributed by atoms with Crippen LogP contribution in [-0.2, 0) is 18.9 Å². The van der Waals surface area contributed by atoms with Crippen molar-refractivity contribution in [1.82, 2.24) is 4.90 Å². The van der Waals surface area contributed by atoms with Crippen LogP contribution in [0, 0.1) is 17.8 Å². The van der Waals surface area contributed by atoms with Crippen LogP contribution in [0.25, 0.3) is 0 Å². The molecule has 0 rings (SSSR count). The second-order valence-electron chi connectivity index (χ2n) is 15.8. The molecular formula is C46H95NO5. The van der Waals surface area contributed by atoms with Crippen molar-refractivity contribution < 1.29 is 24.1 Å². The maximum absolute atomic E-state index is 9.52. The third-order valence-corrected chi connectivity index (χ3v) is 11.1. The highest BCUT2D eigenvalue weighted by atomic mass is 16.5. The summed E-state index contributed by atoms with van der Waals surface area (Å²) in [7, 11) is 0. The summed E-state index contributed by atoms with van der Waals surface area (Å²) >= 11 is 0. The summed E-state index contributed by atoms with van der Waals surface area (Å²) in [6, 6.07) is 0. The largest absolute Gasteiger partial charge is 0.395 e. The van der Waals surface area contributed by atoms with Crippen LogP contribution in [0.15, 0.2) is 0 Å². The van der Waals surface area contributed by atoms with E-state index in [1.54, 1.807) is 0 Å². The third-order valence-electron chi connectivity index (χ3n) is 11.1. The Balaban J connectivity index is 5.20. The maximum atomic E-state index is 9.52. The van der Waals surface area contributed by atoms with Gasteiger partial charge in [-0.25, -0.2) is 0 Å². The Kier molecular flexibility index (Phi) is 43.3. The van der Waals surface area contributed by atoms with E-state index in [-0.39, 0.29) is 6.61 Å². The number of nitrogens with zero attached hydrogens (tertiary/aromatic N) is 1. The van der Waals surface area contributed by atoms with Crippen molar-refractivity contribution in [3.63, 3.8) is 0 Å². The van der Waals surface area contributed by atoms with Gasteiger partial charge in [0.15, 0.2) is 0 Å². The molecule has 6 nitrogen and oxygen atoms in total. The van der Waals surface area contributed by atoms with Crippen molar-refractivity contribution in [1.29, 1.82) is 0 Å². The lowest BCUT2D eigenvalue weighted by Gasteiger charge is -2.35. The van der Waals surface area contributed by atoms with E-state index >= 15 is 0 Å². The molecule has 0 heterocycles. The Morgan fingerprint density at radius 3 is 1.08 bits per heavy atom. The quantitative estimate of drug-likeness (QED) is 0.0627. The van der Waals surface area contributed by atoms with E-state index in [1.165, 1.54) is 161 Å². The molecule has 0 amide bonds. The van der Waals surface area contributed by atoms with E-state index in [4.69, 9.17) is 18.9 Å². The van der Waals surface area contributed by atoms with Crippen molar-refractivity contribution in [2.45, 2.75) is 202 Å². The van der Waals surface area contributed by atoms with Gasteiger partial charge < -0.3 is 24.1 Å². The Labute approximate surface area is 326 Å². The van der Waals surface area contributed by atoms with Crippen molar-refractivity contribution >= 4 is 0 Å². The smallest absolute Gasteiger partial charge is 0.0701 e. The Bertz CT molecular complexity index is 620. The van der Waals surface area contributed by atoms with Crippen LogP contribution < -0.4 is 0 Å². The first-order valence-corrected chi connectivity index (χ1v) is 23.3. The summed E-state index contributed by atoms with van der Waals surface area (Å²) in [5.41, 5.74) is 0. The number of unbranched alkanes of at least 4 members (excludes halogenated alkanes) is 16. The fraction of sp³-hybridized carbons (Fsp3) is 1.00. The summed E-state index contributed by atoms with van der Waals surface area (Å²) in [5.74, 6) is 2.50. The molecule has 2 unspecified atom stereocenters. The van der Waals surface area contributed by atoms with E-state index in [1.807, 2.05) is 0 Å². The van der Waals surface area contributed by atoms with Gasteiger partial charge in [-0.15, -0.1) is 0 Å². The number of aliphatic hydroxyl groups excluding tert-OH is 1. The topological polar surface area (TPSA) is 60.4 Å². The highest BCUT2D eigenvalue weighted by molar-refractivity contribution is 4.79. The zero-order chi connectivity index (χ0) is 38.0. The van der Waals surface area contributed by atoms with Gasteiger partial charge in [-0.2, -0.15) is 0 Å². The first-order valence-electron chi connectivity index (χ1n) is 23.3. The Hall–Kier alpha value is -0.240. The molecule has 314 valence electrons. The molecule has 0 fully saturated rings. The van der Waals surface area contributed by atoms with Gasteiger partial charge in [0.05, 0.1) is 46.2 Å². The highest BCUT2D eigenvalue weighted by Crippen LogP contribution is 2.38. The average molecular weight is 742 g/mol. The molecule has 0 aromatic heterocycles. The molecular weight excluding hydrogens is 647 g/mol. The molecule has 6 heteroatoms. The van der Waals surface area contributed by atoms with Gasteiger partial charge in [0.25, 0.3) is 0 Å². The van der Waals surface area contributed by atoms with Gasteiger partial charge in [0.1, 0.15) is 0 Å². The van der Waals surface area contributed by atoms with Crippen LogP contribution in [0.2, 0.25) is 0 Å². The molecule has 1 N–H and O–H groups in total. The van der Waals surface area contributed by atoms with Crippen LogP contribution in [-0.4, -0.2) is 89.1 Å². The predicted molar refractivity (Wildman–Crippen MR) is 226 cm³/mol. The molecule has 52 heavy (non-hydrogen) atoms. The van der Waals surface area contributed by atoms with Gasteiger partial charge >= 0.3 is 0 Å². The van der Waals surface area contributed by atoms with Crippen LogP contribution in [0.3, 0.4) is 0 Å². The third kappa shape index (κ3) is 34.3. The van der Waals surface area contributed by atoms with Gasteiger partial charge in [0.2, 0.25) is 0 Å². The van der Waals surface area contributed by atoms with Gasteiger partial charge in [0, 0.05) is 32.8 Å². The summed E-state index contributed by atoms with van der Waals surface area (Å²) in [4.78, 5) is 2.22. The average Bonchev–Trinajstić information content (AvgIpc) is 3.15. The Morgan fingerprint density at radius 1 is 0.346 bits per heavy atom. The molecule has 0 aliphatic heterocycles. The van der Waals surface area contributed by atoms with Gasteiger partial charge in [-0.1, -0.05) is 189 Å². The van der Waals surface area contributed by atoms with E-state index in [0.29, 0.717) is 46.2 Å². The minimum atomic E-state index is 0.154. The molecule has 0 aliphatic rings. The lowest BCUT2D eigenvalue weighted by atomic mass is 9.71. The van der Waals surface area contributed by atoms with Gasteiger partial charge in [-0.3, -0.25) is 4.90 Å². The molecule has 0 saturated heterocycles. The number of rotatable bonds is 45. The van der Waals surface area contributed by atoms with Crippen molar-refractivity contribution in [2.24, 2.45) is 17.8 Å². The van der Waals surface area contributed by atoms with E-state index in [9.17, 15) is 5.11 Å². The number of aliphatic hydroxyl groups is 1. The fourth-order valence-electron chi connectivity index (χ4n) is 7.91. The molecule has 0 aromatic rings. The molecule has 0 bridgehead atoms.